The minimum Gasteiger partial charge on any atom is -0.393 e. The van der Waals surface area contributed by atoms with Crippen LogP contribution < -0.4 is 0 Å². The maximum absolute atomic E-state index is 8.92. The van der Waals surface area contributed by atoms with Crippen LogP contribution in [0, 0.1) is 10.8 Å². The van der Waals surface area contributed by atoms with Crippen LogP contribution in [0.4, 0.5) is 0 Å². The highest BCUT2D eigenvalue weighted by Crippen LogP contribution is 2.04. The minimum atomic E-state index is -0.141. The van der Waals surface area contributed by atoms with E-state index in [4.69, 9.17) is 5.11 Å². The van der Waals surface area contributed by atoms with Gasteiger partial charge in [0.1, 0.15) is 0 Å². The summed E-state index contributed by atoms with van der Waals surface area (Å²) in [6, 6.07) is 0. The number of hydrogen-bond donors (Lipinski definition) is 1. The molecule has 0 aliphatic heterocycles. The van der Waals surface area contributed by atoms with E-state index in [-0.39, 0.29) is 6.10 Å². The molecule has 11 heavy (non-hydrogen) atoms. The highest BCUT2D eigenvalue weighted by Gasteiger charge is 1.93. The Hall–Kier alpha value is 0. The second-order valence-electron chi connectivity index (χ2n) is 2.72. The molecular formula is C9H15BrO. The van der Waals surface area contributed by atoms with Crippen molar-refractivity contribution in [3.05, 3.63) is 0 Å². The molecule has 1 N–H and O–H groups in total. The summed E-state index contributed by atoms with van der Waals surface area (Å²) >= 11 is 3.04. The maximum Gasteiger partial charge on any atom is 0.0512 e. The smallest absolute Gasteiger partial charge is 0.0512 e. The van der Waals surface area contributed by atoms with Gasteiger partial charge in [-0.3, -0.25) is 0 Å². The standard InChI is InChI=1S/C9H15BrO/c1-9(11)7-5-3-2-4-6-8-10/h9,11H,2-5,7H2,1H3/t9-/m1/s1. The van der Waals surface area contributed by atoms with Crippen LogP contribution in [0.25, 0.3) is 0 Å². The zero-order valence-corrected chi connectivity index (χ0v) is 8.52. The highest BCUT2D eigenvalue weighted by molar-refractivity contribution is 9.12. The molecule has 0 unspecified atom stereocenters. The van der Waals surface area contributed by atoms with Crippen LogP contribution in [0.15, 0.2) is 0 Å². The summed E-state index contributed by atoms with van der Waals surface area (Å²) < 4.78 is 0. The Balaban J connectivity index is 2.95. The van der Waals surface area contributed by atoms with E-state index in [1.807, 2.05) is 6.92 Å². The number of aliphatic hydroxyl groups excluding tert-OH is 1. The van der Waals surface area contributed by atoms with Crippen LogP contribution in [-0.2, 0) is 0 Å². The van der Waals surface area contributed by atoms with Crippen molar-refractivity contribution < 1.29 is 5.11 Å². The summed E-state index contributed by atoms with van der Waals surface area (Å²) in [5.74, 6) is 2.94. The molecule has 0 saturated carbocycles. The van der Waals surface area contributed by atoms with E-state index < -0.39 is 0 Å². The summed E-state index contributed by atoms with van der Waals surface area (Å²) in [5, 5.41) is 8.92. The molecule has 0 bridgehead atoms. The summed E-state index contributed by atoms with van der Waals surface area (Å²) in [5.41, 5.74) is 0. The largest absolute Gasteiger partial charge is 0.393 e. The number of hydrogen-bond acceptors (Lipinski definition) is 1. The van der Waals surface area contributed by atoms with Crippen molar-refractivity contribution in [2.24, 2.45) is 0 Å². The molecule has 0 aromatic heterocycles. The molecule has 2 heteroatoms. The molecule has 0 heterocycles. The van der Waals surface area contributed by atoms with Gasteiger partial charge in [-0.2, -0.15) is 0 Å². The topological polar surface area (TPSA) is 20.2 Å². The number of rotatable bonds is 5. The molecule has 0 amide bonds. The Labute approximate surface area is 77.3 Å². The first-order valence-corrected chi connectivity index (χ1v) is 4.83. The van der Waals surface area contributed by atoms with Gasteiger partial charge in [0.15, 0.2) is 0 Å². The van der Waals surface area contributed by atoms with Crippen molar-refractivity contribution in [3.63, 3.8) is 0 Å². The Morgan fingerprint density at radius 1 is 1.36 bits per heavy atom. The molecule has 0 radical (unpaired) electrons. The van der Waals surface area contributed by atoms with Crippen LogP contribution in [0.3, 0.4) is 0 Å². The maximum atomic E-state index is 8.92. The van der Waals surface area contributed by atoms with E-state index in [0.717, 1.165) is 25.7 Å². The van der Waals surface area contributed by atoms with Crippen molar-refractivity contribution in [1.82, 2.24) is 0 Å². The molecule has 0 aliphatic carbocycles. The fraction of sp³-hybridized carbons (Fsp3) is 0.778. The Morgan fingerprint density at radius 2 is 2.09 bits per heavy atom. The van der Waals surface area contributed by atoms with E-state index in [1.54, 1.807) is 0 Å². The van der Waals surface area contributed by atoms with Crippen molar-refractivity contribution in [1.29, 1.82) is 0 Å². The predicted octanol–water partition coefficient (Wildman–Crippen LogP) is 2.67. The lowest BCUT2D eigenvalue weighted by Gasteiger charge is -2.01. The third-order valence-electron chi connectivity index (χ3n) is 1.49. The summed E-state index contributed by atoms with van der Waals surface area (Å²) in [7, 11) is 0. The molecule has 0 spiro atoms. The lowest BCUT2D eigenvalue weighted by atomic mass is 10.1. The van der Waals surface area contributed by atoms with E-state index >= 15 is 0 Å². The SMILES string of the molecule is C[C@@H](O)CCCCCC#CBr. The molecule has 0 aromatic rings. The molecule has 0 fully saturated rings. The fourth-order valence-electron chi connectivity index (χ4n) is 0.877. The van der Waals surface area contributed by atoms with Gasteiger partial charge in [0.25, 0.3) is 0 Å². The van der Waals surface area contributed by atoms with Crippen molar-refractivity contribution >= 4 is 15.9 Å². The molecule has 1 nitrogen and oxygen atoms in total. The fourth-order valence-corrected chi connectivity index (χ4v) is 1.08. The van der Waals surface area contributed by atoms with Gasteiger partial charge in [0.2, 0.25) is 0 Å². The first kappa shape index (κ1) is 11.0. The summed E-state index contributed by atoms with van der Waals surface area (Å²) in [6.45, 7) is 1.83. The van der Waals surface area contributed by atoms with E-state index in [1.165, 1.54) is 6.42 Å². The summed E-state index contributed by atoms with van der Waals surface area (Å²) in [6.07, 6.45) is 5.17. The third kappa shape index (κ3) is 10.0. The Morgan fingerprint density at radius 3 is 2.64 bits per heavy atom. The van der Waals surface area contributed by atoms with E-state index in [2.05, 4.69) is 26.7 Å². The molecular weight excluding hydrogens is 204 g/mol. The van der Waals surface area contributed by atoms with Crippen molar-refractivity contribution in [2.45, 2.75) is 45.1 Å². The van der Waals surface area contributed by atoms with Gasteiger partial charge in [-0.15, -0.1) is 0 Å². The van der Waals surface area contributed by atoms with Gasteiger partial charge < -0.3 is 5.11 Å². The van der Waals surface area contributed by atoms with E-state index in [9.17, 15) is 0 Å². The molecule has 0 aromatic carbocycles. The van der Waals surface area contributed by atoms with Gasteiger partial charge in [-0.1, -0.05) is 18.8 Å². The Bertz CT molecular complexity index is 132. The quantitative estimate of drug-likeness (QED) is 0.556. The highest BCUT2D eigenvalue weighted by atomic mass is 79.9. The van der Waals surface area contributed by atoms with Crippen LogP contribution >= 0.6 is 15.9 Å². The zero-order chi connectivity index (χ0) is 8.53. The Kier molecular flexibility index (Phi) is 8.10. The molecule has 1 atom stereocenters. The second kappa shape index (κ2) is 8.10. The summed E-state index contributed by atoms with van der Waals surface area (Å²) in [4.78, 5) is 2.68. The third-order valence-corrected chi connectivity index (χ3v) is 1.77. The van der Waals surface area contributed by atoms with Gasteiger partial charge in [0.05, 0.1) is 6.10 Å². The first-order valence-electron chi connectivity index (χ1n) is 4.04. The molecule has 0 saturated heterocycles. The van der Waals surface area contributed by atoms with Gasteiger partial charge in [-0.05, 0) is 24.6 Å². The predicted molar refractivity (Wildman–Crippen MR) is 51.5 cm³/mol. The monoisotopic (exact) mass is 218 g/mol. The molecule has 64 valence electrons. The molecule has 0 rings (SSSR count). The normalized spacial score (nSPS) is 11.9. The van der Waals surface area contributed by atoms with Crippen molar-refractivity contribution in [3.8, 4) is 10.8 Å². The van der Waals surface area contributed by atoms with Gasteiger partial charge >= 0.3 is 0 Å². The number of halogens is 1. The van der Waals surface area contributed by atoms with Crippen molar-refractivity contribution in [2.75, 3.05) is 0 Å². The average Bonchev–Trinajstić information content (AvgIpc) is 1.96. The van der Waals surface area contributed by atoms with Gasteiger partial charge in [0, 0.05) is 22.4 Å². The first-order chi connectivity index (χ1) is 5.27. The number of unbranched alkanes of at least 4 members (excludes halogenated alkanes) is 3. The number of aliphatic hydroxyl groups is 1. The van der Waals surface area contributed by atoms with Gasteiger partial charge in [-0.25, -0.2) is 0 Å². The van der Waals surface area contributed by atoms with Crippen LogP contribution in [-0.4, -0.2) is 11.2 Å². The van der Waals surface area contributed by atoms with Crippen LogP contribution in [0.2, 0.25) is 0 Å². The second-order valence-corrected chi connectivity index (χ2v) is 3.12. The lowest BCUT2D eigenvalue weighted by Crippen LogP contribution is -1.97. The average molecular weight is 219 g/mol. The molecule has 0 aliphatic rings. The van der Waals surface area contributed by atoms with E-state index in [0.29, 0.717) is 0 Å². The zero-order valence-electron chi connectivity index (χ0n) is 6.94. The van der Waals surface area contributed by atoms with Crippen LogP contribution in [0.1, 0.15) is 39.0 Å². The minimum absolute atomic E-state index is 0.141. The van der Waals surface area contributed by atoms with Crippen LogP contribution in [0.5, 0.6) is 0 Å². The lowest BCUT2D eigenvalue weighted by molar-refractivity contribution is 0.180.